The zero-order chi connectivity index (χ0) is 13.1. The van der Waals surface area contributed by atoms with Gasteiger partial charge in [-0.2, -0.15) is 0 Å². The Labute approximate surface area is 109 Å². The van der Waals surface area contributed by atoms with E-state index < -0.39 is 11.4 Å². The minimum Gasteiger partial charge on any atom is -0.491 e. The van der Waals surface area contributed by atoms with Crippen molar-refractivity contribution in [3.63, 3.8) is 0 Å². The molecule has 1 rings (SSSR count). The Kier molecular flexibility index (Phi) is 4.54. The summed E-state index contributed by atoms with van der Waals surface area (Å²) < 4.78 is 6.34. The third-order valence-electron chi connectivity index (χ3n) is 2.57. The van der Waals surface area contributed by atoms with Crippen LogP contribution in [-0.2, 0) is 0 Å². The molecule has 0 aliphatic rings. The lowest BCUT2D eigenvalue weighted by molar-refractivity contribution is 0.0994. The molecule has 1 aromatic carbocycles. The molecule has 1 atom stereocenters. The van der Waals surface area contributed by atoms with Crippen molar-refractivity contribution in [3.8, 4) is 5.75 Å². The van der Waals surface area contributed by atoms with Gasteiger partial charge in [-0.25, -0.2) is 0 Å². The lowest BCUT2D eigenvalue weighted by Crippen LogP contribution is -2.41. The third kappa shape index (κ3) is 4.02. The van der Waals surface area contributed by atoms with Gasteiger partial charge in [0.15, 0.2) is 0 Å². The molecule has 0 aromatic heterocycles. The summed E-state index contributed by atoms with van der Waals surface area (Å²) in [6, 6.07) is 5.13. The van der Waals surface area contributed by atoms with Crippen molar-refractivity contribution in [2.45, 2.75) is 25.8 Å². The molecule has 1 unspecified atom stereocenters. The fourth-order valence-electron chi connectivity index (χ4n) is 1.17. The fraction of sp³-hybridized carbons (Fsp3) is 0.417. The number of halogens is 1. The lowest BCUT2D eigenvalue weighted by Gasteiger charge is -2.23. The van der Waals surface area contributed by atoms with Crippen LogP contribution in [0.2, 0.25) is 0 Å². The van der Waals surface area contributed by atoms with Gasteiger partial charge in [-0.15, -0.1) is 0 Å². The van der Waals surface area contributed by atoms with Crippen LogP contribution in [-0.4, -0.2) is 18.1 Å². The topological polar surface area (TPSA) is 78.3 Å². The van der Waals surface area contributed by atoms with E-state index in [1.165, 1.54) is 0 Å². The molecule has 0 bridgehead atoms. The van der Waals surface area contributed by atoms with Crippen molar-refractivity contribution in [1.82, 2.24) is 0 Å². The van der Waals surface area contributed by atoms with E-state index >= 15 is 0 Å². The maximum Gasteiger partial charge on any atom is 0.252 e. The van der Waals surface area contributed by atoms with Crippen LogP contribution in [0.4, 0.5) is 0 Å². The van der Waals surface area contributed by atoms with Gasteiger partial charge in [0.25, 0.3) is 5.91 Å². The van der Waals surface area contributed by atoms with E-state index in [1.54, 1.807) is 18.2 Å². The summed E-state index contributed by atoms with van der Waals surface area (Å²) in [7, 11) is 0. The molecular formula is C12H17BrN2O2. The Morgan fingerprint density at radius 3 is 2.71 bits per heavy atom. The van der Waals surface area contributed by atoms with Crippen LogP contribution < -0.4 is 16.2 Å². The molecule has 0 aliphatic heterocycles. The molecule has 0 heterocycles. The first-order chi connectivity index (χ1) is 7.85. The SMILES string of the molecule is CCC(C)(N)COc1ccc(Br)cc1C(N)=O. The summed E-state index contributed by atoms with van der Waals surface area (Å²) >= 11 is 3.28. The van der Waals surface area contributed by atoms with E-state index in [-0.39, 0.29) is 0 Å². The highest BCUT2D eigenvalue weighted by atomic mass is 79.9. The highest BCUT2D eigenvalue weighted by molar-refractivity contribution is 9.10. The summed E-state index contributed by atoms with van der Waals surface area (Å²) in [6.45, 7) is 4.22. The quantitative estimate of drug-likeness (QED) is 0.873. The van der Waals surface area contributed by atoms with E-state index in [4.69, 9.17) is 16.2 Å². The van der Waals surface area contributed by atoms with Crippen LogP contribution in [0, 0.1) is 0 Å². The van der Waals surface area contributed by atoms with Crippen LogP contribution in [0.3, 0.4) is 0 Å². The molecule has 0 fully saturated rings. The average Bonchev–Trinajstić information content (AvgIpc) is 2.27. The van der Waals surface area contributed by atoms with Gasteiger partial charge in [0.05, 0.1) is 5.56 Å². The molecule has 0 spiro atoms. The monoisotopic (exact) mass is 300 g/mol. The molecule has 0 saturated heterocycles. The number of amides is 1. The van der Waals surface area contributed by atoms with Crippen LogP contribution in [0.5, 0.6) is 5.75 Å². The number of benzene rings is 1. The first-order valence-corrected chi connectivity index (χ1v) is 6.16. The molecule has 4 N–H and O–H groups in total. The summed E-state index contributed by atoms with van der Waals surface area (Å²) in [4.78, 5) is 11.3. The largest absolute Gasteiger partial charge is 0.491 e. The van der Waals surface area contributed by atoms with E-state index in [1.807, 2.05) is 13.8 Å². The first-order valence-electron chi connectivity index (χ1n) is 5.37. The zero-order valence-electron chi connectivity index (χ0n) is 10.00. The second-order valence-electron chi connectivity index (χ2n) is 4.30. The van der Waals surface area contributed by atoms with Crippen LogP contribution in [0.25, 0.3) is 0 Å². The fourth-order valence-corrected chi connectivity index (χ4v) is 1.53. The highest BCUT2D eigenvalue weighted by Gasteiger charge is 2.18. The molecule has 0 radical (unpaired) electrons. The molecule has 5 heteroatoms. The Balaban J connectivity index is 2.88. The highest BCUT2D eigenvalue weighted by Crippen LogP contribution is 2.23. The van der Waals surface area contributed by atoms with Crippen molar-refractivity contribution in [2.75, 3.05) is 6.61 Å². The van der Waals surface area contributed by atoms with Crippen LogP contribution >= 0.6 is 15.9 Å². The average molecular weight is 301 g/mol. The molecule has 94 valence electrons. The van der Waals surface area contributed by atoms with Gasteiger partial charge in [-0.1, -0.05) is 22.9 Å². The maximum atomic E-state index is 11.3. The molecule has 0 aliphatic carbocycles. The number of hydrogen-bond donors (Lipinski definition) is 2. The summed E-state index contributed by atoms with van der Waals surface area (Å²) in [5.41, 5.74) is 11.2. The number of rotatable bonds is 5. The van der Waals surface area contributed by atoms with Crippen molar-refractivity contribution in [2.24, 2.45) is 11.5 Å². The molecular weight excluding hydrogens is 284 g/mol. The van der Waals surface area contributed by atoms with Gasteiger partial charge in [0.1, 0.15) is 12.4 Å². The number of carbonyl (C=O) groups excluding carboxylic acids is 1. The summed E-state index contributed by atoms with van der Waals surface area (Å²) in [6.07, 6.45) is 0.787. The minimum absolute atomic E-state index is 0.339. The van der Waals surface area contributed by atoms with E-state index in [9.17, 15) is 4.79 Å². The standard InChI is InChI=1S/C12H17BrN2O2/c1-3-12(2,15)7-17-10-5-4-8(13)6-9(10)11(14)16/h4-6H,3,7,15H2,1-2H3,(H2,14,16). The second-order valence-corrected chi connectivity index (χ2v) is 5.22. The molecule has 17 heavy (non-hydrogen) atoms. The van der Waals surface area contributed by atoms with Gasteiger partial charge in [0.2, 0.25) is 0 Å². The predicted octanol–water partition coefficient (Wildman–Crippen LogP) is 2.05. The molecule has 4 nitrogen and oxygen atoms in total. The summed E-state index contributed by atoms with van der Waals surface area (Å²) in [5.74, 6) is -0.0534. The second kappa shape index (κ2) is 5.51. The lowest BCUT2D eigenvalue weighted by atomic mass is 10.0. The van der Waals surface area contributed by atoms with Gasteiger partial charge in [-0.05, 0) is 31.5 Å². The smallest absolute Gasteiger partial charge is 0.252 e. The number of nitrogens with two attached hydrogens (primary N) is 2. The zero-order valence-corrected chi connectivity index (χ0v) is 11.6. The van der Waals surface area contributed by atoms with E-state index in [2.05, 4.69) is 15.9 Å². The number of hydrogen-bond acceptors (Lipinski definition) is 3. The number of ether oxygens (including phenoxy) is 1. The van der Waals surface area contributed by atoms with Gasteiger partial charge in [-0.3, -0.25) is 4.79 Å². The number of primary amides is 1. The predicted molar refractivity (Wildman–Crippen MR) is 71.0 cm³/mol. The third-order valence-corrected chi connectivity index (χ3v) is 3.07. The van der Waals surface area contributed by atoms with E-state index in [0.717, 1.165) is 10.9 Å². The van der Waals surface area contributed by atoms with Gasteiger partial charge >= 0.3 is 0 Å². The van der Waals surface area contributed by atoms with Crippen molar-refractivity contribution >= 4 is 21.8 Å². The molecule has 0 saturated carbocycles. The Hall–Kier alpha value is -1.07. The van der Waals surface area contributed by atoms with Crippen molar-refractivity contribution in [1.29, 1.82) is 0 Å². The Morgan fingerprint density at radius 2 is 2.18 bits per heavy atom. The Bertz CT molecular complexity index is 419. The van der Waals surface area contributed by atoms with Crippen molar-refractivity contribution < 1.29 is 9.53 Å². The molecule has 1 aromatic rings. The first kappa shape index (κ1) is 14.0. The van der Waals surface area contributed by atoms with E-state index in [0.29, 0.717) is 17.9 Å². The Morgan fingerprint density at radius 1 is 1.53 bits per heavy atom. The van der Waals surface area contributed by atoms with Crippen LogP contribution in [0.1, 0.15) is 30.6 Å². The van der Waals surface area contributed by atoms with Gasteiger partial charge < -0.3 is 16.2 Å². The molecule has 1 amide bonds. The van der Waals surface area contributed by atoms with Crippen molar-refractivity contribution in [3.05, 3.63) is 28.2 Å². The van der Waals surface area contributed by atoms with Gasteiger partial charge in [0, 0.05) is 10.0 Å². The normalized spacial score (nSPS) is 14.1. The summed E-state index contributed by atoms with van der Waals surface area (Å²) in [5, 5.41) is 0. The minimum atomic E-state index is -0.517. The maximum absolute atomic E-state index is 11.3. The number of carbonyl (C=O) groups is 1. The van der Waals surface area contributed by atoms with Crippen LogP contribution in [0.15, 0.2) is 22.7 Å².